The average Bonchev–Trinajstić information content (AvgIpc) is 2.07. The van der Waals surface area contributed by atoms with Crippen molar-refractivity contribution in [1.82, 2.24) is 0 Å². The van der Waals surface area contributed by atoms with E-state index in [0.29, 0.717) is 6.42 Å². The highest BCUT2D eigenvalue weighted by Crippen LogP contribution is 2.00. The molecular weight excluding hydrogens is 138 g/mol. The Morgan fingerprint density at radius 1 is 1.27 bits per heavy atom. The molecule has 0 saturated carbocycles. The van der Waals surface area contributed by atoms with E-state index in [1.54, 1.807) is 0 Å². The maximum absolute atomic E-state index is 9.63. The third-order valence-electron chi connectivity index (χ3n) is 1.43. The zero-order valence-electron chi connectivity index (χ0n) is 6.16. The number of aryl methyl sites for hydroxylation is 1. The Labute approximate surface area is 65.9 Å². The van der Waals surface area contributed by atoms with Crippen molar-refractivity contribution in [3.63, 3.8) is 0 Å². The summed E-state index contributed by atoms with van der Waals surface area (Å²) in [4.78, 5) is 0. The van der Waals surface area contributed by atoms with Crippen molar-refractivity contribution in [3.8, 4) is 6.07 Å². The lowest BCUT2D eigenvalue weighted by Crippen LogP contribution is -1.80. The molecule has 56 valence electrons. The Bertz CT molecular complexity index is 258. The summed E-state index contributed by atoms with van der Waals surface area (Å²) >= 11 is 0. The lowest BCUT2D eigenvalue weighted by Gasteiger charge is -1.91. The summed E-state index contributed by atoms with van der Waals surface area (Å²) in [6.07, 6.45) is 1.44. The summed E-state index contributed by atoms with van der Waals surface area (Å²) in [5.41, 5.74) is 1.21. The van der Waals surface area contributed by atoms with Gasteiger partial charge in [0.1, 0.15) is 0 Å². The Balaban J connectivity index is 2.43. The van der Waals surface area contributed by atoms with Gasteiger partial charge in [0.25, 0.3) is 6.07 Å². The van der Waals surface area contributed by atoms with E-state index in [2.05, 4.69) is 11.1 Å². The quantitative estimate of drug-likeness (QED) is 0.590. The van der Waals surface area contributed by atoms with E-state index in [4.69, 9.17) is 0 Å². The Morgan fingerprint density at radius 2 is 2.00 bits per heavy atom. The van der Waals surface area contributed by atoms with Crippen LogP contribution in [0.5, 0.6) is 0 Å². The third kappa shape index (κ3) is 2.72. The van der Waals surface area contributed by atoms with Gasteiger partial charge in [0.05, 0.1) is 6.42 Å². The van der Waals surface area contributed by atoms with Gasteiger partial charge in [-0.25, -0.2) is 0 Å². The Morgan fingerprint density at radius 3 is 2.64 bits per heavy atom. The van der Waals surface area contributed by atoms with E-state index in [0.717, 1.165) is 6.42 Å². The van der Waals surface area contributed by atoms with Crippen molar-refractivity contribution >= 4 is 0 Å². The van der Waals surface area contributed by atoms with Crippen LogP contribution in [0.3, 0.4) is 0 Å². The van der Waals surface area contributed by atoms with Gasteiger partial charge in [0.15, 0.2) is 0 Å². The second kappa shape index (κ2) is 4.35. The topological polar surface area (TPSA) is 27.4 Å². The molecular formula is C9H9NO. The molecule has 0 saturated heterocycles. The predicted molar refractivity (Wildman–Crippen MR) is 45.4 cm³/mol. The molecule has 0 atom stereocenters. The first kappa shape index (κ1) is 7.62. The molecule has 0 N–H and O–H groups in total. The van der Waals surface area contributed by atoms with E-state index in [1.807, 2.05) is 30.3 Å². The van der Waals surface area contributed by atoms with Crippen molar-refractivity contribution < 1.29 is 0 Å². The molecule has 0 aromatic heterocycles. The third-order valence-corrected chi connectivity index (χ3v) is 1.43. The van der Waals surface area contributed by atoms with Gasteiger partial charge in [-0.15, -0.1) is 0 Å². The predicted octanol–water partition coefficient (Wildman–Crippen LogP) is 2.45. The SMILES string of the molecule is [O-][N+]#CCCc1ccccc1. The van der Waals surface area contributed by atoms with Crippen molar-refractivity contribution in [3.05, 3.63) is 46.1 Å². The van der Waals surface area contributed by atoms with Crippen molar-refractivity contribution in [1.29, 1.82) is 0 Å². The Kier molecular flexibility index (Phi) is 3.01. The van der Waals surface area contributed by atoms with E-state index in [1.165, 1.54) is 5.56 Å². The van der Waals surface area contributed by atoms with Gasteiger partial charge in [-0.1, -0.05) is 30.3 Å². The molecule has 0 fully saturated rings. The molecule has 0 radical (unpaired) electrons. The number of nitrogens with zero attached hydrogens (tertiary/aromatic N) is 1. The molecule has 0 spiro atoms. The summed E-state index contributed by atoms with van der Waals surface area (Å²) in [5.74, 6) is 0. The minimum absolute atomic E-state index is 0.605. The minimum Gasteiger partial charge on any atom is -0.498 e. The zero-order chi connectivity index (χ0) is 7.94. The molecule has 0 aliphatic carbocycles. The highest BCUT2D eigenvalue weighted by Gasteiger charge is 1.90. The molecule has 0 bridgehead atoms. The summed E-state index contributed by atoms with van der Waals surface area (Å²) in [6.45, 7) is 0. The van der Waals surface area contributed by atoms with Crippen LogP contribution in [0, 0.1) is 11.3 Å². The first-order valence-electron chi connectivity index (χ1n) is 3.52. The van der Waals surface area contributed by atoms with Crippen LogP contribution in [0.15, 0.2) is 30.3 Å². The largest absolute Gasteiger partial charge is 0.498 e. The number of benzene rings is 1. The standard InChI is InChI=1S/C9H9NO/c11-10-8-4-7-9-5-2-1-3-6-9/h1-3,5-6H,4,7H2. The van der Waals surface area contributed by atoms with Gasteiger partial charge < -0.3 is 5.21 Å². The van der Waals surface area contributed by atoms with Gasteiger partial charge in [0, 0.05) is 5.01 Å². The van der Waals surface area contributed by atoms with Gasteiger partial charge in [-0.2, -0.15) is 0 Å². The lowest BCUT2D eigenvalue weighted by molar-refractivity contribution is 1.03. The highest BCUT2D eigenvalue weighted by atomic mass is 16.4. The number of hydrogen-bond donors (Lipinski definition) is 0. The Hall–Kier alpha value is -1.49. The molecule has 0 aliphatic heterocycles. The van der Waals surface area contributed by atoms with Crippen molar-refractivity contribution in [2.75, 3.05) is 0 Å². The molecule has 1 aromatic carbocycles. The molecule has 2 heteroatoms. The summed E-state index contributed by atoms with van der Waals surface area (Å²) in [5, 5.41) is 12.2. The second-order valence-corrected chi connectivity index (χ2v) is 2.23. The maximum Gasteiger partial charge on any atom is 0.298 e. The smallest absolute Gasteiger partial charge is 0.298 e. The summed E-state index contributed by atoms with van der Waals surface area (Å²) in [7, 11) is 0. The number of hydrogen-bond acceptors (Lipinski definition) is 1. The molecule has 11 heavy (non-hydrogen) atoms. The van der Waals surface area contributed by atoms with E-state index in [-0.39, 0.29) is 0 Å². The van der Waals surface area contributed by atoms with Crippen molar-refractivity contribution in [2.24, 2.45) is 0 Å². The monoisotopic (exact) mass is 147 g/mol. The number of rotatable bonds is 2. The summed E-state index contributed by atoms with van der Waals surface area (Å²) < 4.78 is 0. The van der Waals surface area contributed by atoms with Crippen LogP contribution in [0.1, 0.15) is 12.0 Å². The fraction of sp³-hybridized carbons (Fsp3) is 0.222. The van der Waals surface area contributed by atoms with E-state index >= 15 is 0 Å². The van der Waals surface area contributed by atoms with Crippen molar-refractivity contribution in [2.45, 2.75) is 12.8 Å². The van der Waals surface area contributed by atoms with Gasteiger partial charge in [0.2, 0.25) is 0 Å². The normalized spacial score (nSPS) is 8.36. The average molecular weight is 147 g/mol. The highest BCUT2D eigenvalue weighted by molar-refractivity contribution is 5.15. The van der Waals surface area contributed by atoms with Gasteiger partial charge in [-0.3, -0.25) is 0 Å². The van der Waals surface area contributed by atoms with E-state index in [9.17, 15) is 5.21 Å². The summed E-state index contributed by atoms with van der Waals surface area (Å²) in [6, 6.07) is 12.3. The second-order valence-electron chi connectivity index (χ2n) is 2.23. The van der Waals surface area contributed by atoms with Crippen LogP contribution >= 0.6 is 0 Å². The van der Waals surface area contributed by atoms with Crippen LogP contribution in [-0.4, -0.2) is 0 Å². The fourth-order valence-electron chi connectivity index (χ4n) is 0.891. The molecule has 1 aromatic rings. The van der Waals surface area contributed by atoms with Crippen LogP contribution < -0.4 is 0 Å². The molecule has 1 rings (SSSR count). The lowest BCUT2D eigenvalue weighted by atomic mass is 10.1. The molecule has 0 amide bonds. The molecule has 0 heterocycles. The van der Waals surface area contributed by atoms with Crippen LogP contribution in [0.4, 0.5) is 0 Å². The first-order chi connectivity index (χ1) is 5.43. The van der Waals surface area contributed by atoms with Crippen LogP contribution in [-0.2, 0) is 6.42 Å². The molecule has 0 unspecified atom stereocenters. The van der Waals surface area contributed by atoms with Crippen LogP contribution in [0.2, 0.25) is 0 Å². The van der Waals surface area contributed by atoms with E-state index < -0.39 is 0 Å². The first-order valence-corrected chi connectivity index (χ1v) is 3.52. The molecule has 2 nitrogen and oxygen atoms in total. The van der Waals surface area contributed by atoms with Gasteiger partial charge >= 0.3 is 0 Å². The zero-order valence-corrected chi connectivity index (χ0v) is 6.16. The fourth-order valence-corrected chi connectivity index (χ4v) is 0.891. The molecule has 0 aliphatic rings. The van der Waals surface area contributed by atoms with Gasteiger partial charge in [-0.05, 0) is 12.0 Å². The van der Waals surface area contributed by atoms with Crippen LogP contribution in [0.25, 0.3) is 5.01 Å². The maximum atomic E-state index is 9.63. The minimum atomic E-state index is 0.605.